The molecule has 2 N–H and O–H groups in total. The van der Waals surface area contributed by atoms with E-state index in [0.717, 1.165) is 4.90 Å². The minimum atomic E-state index is -0.595. The molecule has 0 atom stereocenters. The molecular weight excluding hydrogens is 375 g/mol. The van der Waals surface area contributed by atoms with Crippen molar-refractivity contribution in [2.75, 3.05) is 0 Å². The zero-order chi connectivity index (χ0) is 20.5. The lowest BCUT2D eigenvalue weighted by molar-refractivity contribution is -0.123. The Morgan fingerprint density at radius 1 is 1.00 bits per heavy atom. The smallest absolute Gasteiger partial charge is 0.303 e. The Kier molecular flexibility index (Phi) is 4.59. The van der Waals surface area contributed by atoms with Crippen LogP contribution in [-0.2, 0) is 11.3 Å². The standard InChI is InChI=1S/C21H17FN4O3/c1-13-17(19(27)26(24-13)16-5-3-2-4-6-16)11-18-20(28)25(21(29)23-18)12-14-7-9-15(22)10-8-14/h2-11,24H,12H2,1H3,(H,23,29)/b18-11-. The molecular formula is C21H17FN4O3. The van der Waals surface area contributed by atoms with E-state index in [1.165, 1.54) is 35.0 Å². The van der Waals surface area contributed by atoms with Crippen LogP contribution in [0.4, 0.5) is 9.18 Å². The second-order valence-electron chi connectivity index (χ2n) is 6.63. The van der Waals surface area contributed by atoms with Crippen LogP contribution in [0.2, 0.25) is 0 Å². The number of para-hydroxylation sites is 1. The quantitative estimate of drug-likeness (QED) is 0.529. The Labute approximate surface area is 165 Å². The summed E-state index contributed by atoms with van der Waals surface area (Å²) in [5, 5.41) is 5.47. The van der Waals surface area contributed by atoms with Gasteiger partial charge in [-0.25, -0.2) is 13.9 Å². The number of benzene rings is 2. The molecule has 1 aliphatic rings. The average Bonchev–Trinajstić information content (AvgIpc) is 3.15. The minimum absolute atomic E-state index is 0.00263. The maximum atomic E-state index is 13.1. The van der Waals surface area contributed by atoms with Crippen LogP contribution in [0.15, 0.2) is 65.1 Å². The molecule has 2 heterocycles. The number of nitrogens with one attached hydrogen (secondary N) is 2. The van der Waals surface area contributed by atoms with Crippen LogP contribution in [0.5, 0.6) is 0 Å². The van der Waals surface area contributed by atoms with E-state index in [9.17, 15) is 18.8 Å². The van der Waals surface area contributed by atoms with E-state index >= 15 is 0 Å². The third-order valence-corrected chi connectivity index (χ3v) is 4.64. The van der Waals surface area contributed by atoms with Gasteiger partial charge in [0, 0.05) is 5.69 Å². The molecule has 0 spiro atoms. The van der Waals surface area contributed by atoms with E-state index in [-0.39, 0.29) is 23.4 Å². The number of halogens is 1. The van der Waals surface area contributed by atoms with Gasteiger partial charge in [-0.1, -0.05) is 30.3 Å². The van der Waals surface area contributed by atoms with Crippen molar-refractivity contribution in [3.8, 4) is 5.69 Å². The topological polar surface area (TPSA) is 87.2 Å². The zero-order valence-corrected chi connectivity index (χ0v) is 15.5. The van der Waals surface area contributed by atoms with Gasteiger partial charge in [0.05, 0.1) is 17.8 Å². The number of amides is 3. The fourth-order valence-electron chi connectivity index (χ4n) is 3.12. The van der Waals surface area contributed by atoms with Gasteiger partial charge in [-0.3, -0.25) is 19.6 Å². The van der Waals surface area contributed by atoms with Gasteiger partial charge in [0.2, 0.25) is 0 Å². The van der Waals surface area contributed by atoms with Crippen molar-refractivity contribution < 1.29 is 14.0 Å². The largest absolute Gasteiger partial charge is 0.329 e. The first-order chi connectivity index (χ1) is 13.9. The van der Waals surface area contributed by atoms with Crippen molar-refractivity contribution in [2.45, 2.75) is 13.5 Å². The normalized spacial score (nSPS) is 15.2. The van der Waals surface area contributed by atoms with Gasteiger partial charge in [-0.05, 0) is 42.8 Å². The summed E-state index contributed by atoms with van der Waals surface area (Å²) in [6, 6.07) is 14.0. The molecule has 0 saturated carbocycles. The van der Waals surface area contributed by atoms with E-state index in [4.69, 9.17) is 0 Å². The molecule has 1 aromatic heterocycles. The second-order valence-corrected chi connectivity index (χ2v) is 6.63. The van der Waals surface area contributed by atoms with E-state index < -0.39 is 17.8 Å². The molecule has 0 radical (unpaired) electrons. The SMILES string of the molecule is Cc1[nH]n(-c2ccccc2)c(=O)c1/C=C1\NC(=O)N(Cc2ccc(F)cc2)C1=O. The number of hydrogen-bond acceptors (Lipinski definition) is 3. The Balaban J connectivity index is 1.63. The van der Waals surface area contributed by atoms with Crippen LogP contribution in [0.1, 0.15) is 16.8 Å². The number of carbonyl (C=O) groups excluding carboxylic acids is 2. The van der Waals surface area contributed by atoms with Crippen LogP contribution in [0.3, 0.4) is 0 Å². The molecule has 7 nitrogen and oxygen atoms in total. The first kappa shape index (κ1) is 18.4. The predicted octanol–water partition coefficient (Wildman–Crippen LogP) is 2.71. The van der Waals surface area contributed by atoms with Crippen LogP contribution in [0, 0.1) is 12.7 Å². The molecule has 2 aromatic carbocycles. The van der Waals surface area contributed by atoms with Crippen LogP contribution < -0.4 is 10.9 Å². The average molecular weight is 392 g/mol. The van der Waals surface area contributed by atoms with Gasteiger partial charge in [0.1, 0.15) is 11.5 Å². The molecule has 146 valence electrons. The Hall–Kier alpha value is -3.94. The highest BCUT2D eigenvalue weighted by Gasteiger charge is 2.34. The van der Waals surface area contributed by atoms with E-state index in [0.29, 0.717) is 16.9 Å². The molecule has 0 bridgehead atoms. The second kappa shape index (κ2) is 7.23. The van der Waals surface area contributed by atoms with Crippen molar-refractivity contribution >= 4 is 18.0 Å². The van der Waals surface area contributed by atoms with Gasteiger partial charge in [-0.15, -0.1) is 0 Å². The summed E-state index contributed by atoms with van der Waals surface area (Å²) in [6.07, 6.45) is 1.37. The summed E-state index contributed by atoms with van der Waals surface area (Å²) in [5.41, 5.74) is 1.79. The summed E-state index contributed by atoms with van der Waals surface area (Å²) in [7, 11) is 0. The highest BCUT2D eigenvalue weighted by atomic mass is 19.1. The van der Waals surface area contributed by atoms with Gasteiger partial charge in [0.15, 0.2) is 0 Å². The molecule has 0 aliphatic carbocycles. The Morgan fingerprint density at radius 3 is 2.38 bits per heavy atom. The number of carbonyl (C=O) groups is 2. The van der Waals surface area contributed by atoms with Crippen molar-refractivity contribution in [3.05, 3.63) is 93.3 Å². The number of hydrogen-bond donors (Lipinski definition) is 2. The third-order valence-electron chi connectivity index (χ3n) is 4.64. The number of rotatable bonds is 4. The van der Waals surface area contributed by atoms with Crippen LogP contribution >= 0.6 is 0 Å². The first-order valence-electron chi connectivity index (χ1n) is 8.90. The zero-order valence-electron chi connectivity index (χ0n) is 15.5. The van der Waals surface area contributed by atoms with Gasteiger partial charge in [0.25, 0.3) is 11.5 Å². The van der Waals surface area contributed by atoms with Gasteiger partial charge < -0.3 is 5.32 Å². The molecule has 1 saturated heterocycles. The minimum Gasteiger partial charge on any atom is -0.303 e. The summed E-state index contributed by atoms with van der Waals surface area (Å²) in [6.45, 7) is 1.72. The van der Waals surface area contributed by atoms with E-state index in [2.05, 4.69) is 10.4 Å². The highest BCUT2D eigenvalue weighted by Crippen LogP contribution is 2.17. The molecule has 4 rings (SSSR count). The highest BCUT2D eigenvalue weighted by molar-refractivity contribution is 6.13. The molecule has 8 heteroatoms. The van der Waals surface area contributed by atoms with Crippen LogP contribution in [-0.4, -0.2) is 26.6 Å². The third kappa shape index (κ3) is 3.47. The van der Waals surface area contributed by atoms with Gasteiger partial charge in [-0.2, -0.15) is 0 Å². The molecule has 1 fully saturated rings. The number of nitrogens with zero attached hydrogens (tertiary/aromatic N) is 2. The fraction of sp³-hybridized carbons (Fsp3) is 0.0952. The van der Waals surface area contributed by atoms with Crippen LogP contribution in [0.25, 0.3) is 11.8 Å². The maximum Gasteiger partial charge on any atom is 0.329 e. The lowest BCUT2D eigenvalue weighted by Gasteiger charge is -2.11. The molecule has 0 unspecified atom stereocenters. The summed E-state index contributed by atoms with van der Waals surface area (Å²) in [4.78, 5) is 38.7. The molecule has 1 aliphatic heterocycles. The number of aryl methyl sites for hydroxylation is 1. The predicted molar refractivity (Wildman–Crippen MR) is 105 cm³/mol. The van der Waals surface area contributed by atoms with Crippen molar-refractivity contribution in [1.82, 2.24) is 20.0 Å². The number of H-pyrrole nitrogens is 1. The fourth-order valence-corrected chi connectivity index (χ4v) is 3.12. The number of urea groups is 1. The monoisotopic (exact) mass is 392 g/mol. The maximum absolute atomic E-state index is 13.1. The van der Waals surface area contributed by atoms with Gasteiger partial charge >= 0.3 is 6.03 Å². The van der Waals surface area contributed by atoms with E-state index in [1.54, 1.807) is 19.1 Å². The molecule has 3 aromatic rings. The Morgan fingerprint density at radius 2 is 1.69 bits per heavy atom. The van der Waals surface area contributed by atoms with Crippen molar-refractivity contribution in [1.29, 1.82) is 0 Å². The Bertz CT molecular complexity index is 1180. The van der Waals surface area contributed by atoms with Crippen molar-refractivity contribution in [2.24, 2.45) is 0 Å². The summed E-state index contributed by atoms with van der Waals surface area (Å²) < 4.78 is 14.4. The van der Waals surface area contributed by atoms with E-state index in [1.807, 2.05) is 18.2 Å². The number of imide groups is 1. The summed E-state index contributed by atoms with van der Waals surface area (Å²) >= 11 is 0. The lowest BCUT2D eigenvalue weighted by Crippen LogP contribution is -2.30. The van der Waals surface area contributed by atoms with Crippen molar-refractivity contribution in [3.63, 3.8) is 0 Å². The first-order valence-corrected chi connectivity index (χ1v) is 8.90. The molecule has 3 amide bonds. The molecule has 29 heavy (non-hydrogen) atoms. The lowest BCUT2D eigenvalue weighted by atomic mass is 10.2. The number of aromatic nitrogens is 2. The summed E-state index contributed by atoms with van der Waals surface area (Å²) in [5.74, 6) is -0.949. The number of aromatic amines is 1.